The minimum absolute atomic E-state index is 0.218. The van der Waals surface area contributed by atoms with Crippen molar-refractivity contribution in [2.75, 3.05) is 29.0 Å². The Hall–Kier alpha value is -2.15. The van der Waals surface area contributed by atoms with Crippen LogP contribution < -0.4 is 16.0 Å². The van der Waals surface area contributed by atoms with Crippen LogP contribution in [0.5, 0.6) is 0 Å². The number of carbonyl (C=O) groups is 1. The highest BCUT2D eigenvalue weighted by molar-refractivity contribution is 7.18. The van der Waals surface area contributed by atoms with E-state index in [0.29, 0.717) is 10.6 Å². The zero-order chi connectivity index (χ0) is 14.8. The molecule has 0 spiro atoms. The number of thiazole rings is 1. The number of nitrogens with zero attached hydrogens (tertiary/aromatic N) is 2. The Labute approximate surface area is 125 Å². The number of nitrogens with two attached hydrogens (primary N) is 1. The number of amides is 1. The molecule has 1 aromatic heterocycles. The molecule has 0 aliphatic carbocycles. The van der Waals surface area contributed by atoms with Crippen LogP contribution in [0.2, 0.25) is 0 Å². The lowest BCUT2D eigenvalue weighted by Crippen LogP contribution is -2.17. The number of aromatic nitrogens is 1. The predicted octanol–water partition coefficient (Wildman–Crippen LogP) is 2.72. The maximum atomic E-state index is 13.1. The number of hydrogen-bond acceptors (Lipinski definition) is 5. The van der Waals surface area contributed by atoms with Gasteiger partial charge in [0.2, 0.25) is 0 Å². The Bertz CT molecular complexity index is 667. The van der Waals surface area contributed by atoms with E-state index in [4.69, 9.17) is 5.73 Å². The highest BCUT2D eigenvalue weighted by Crippen LogP contribution is 2.30. The number of rotatable bonds is 3. The van der Waals surface area contributed by atoms with Crippen molar-refractivity contribution in [2.24, 2.45) is 0 Å². The second-order valence-electron chi connectivity index (χ2n) is 4.87. The first-order valence-electron chi connectivity index (χ1n) is 6.71. The fraction of sp³-hybridized carbons (Fsp3) is 0.286. The quantitative estimate of drug-likeness (QED) is 0.914. The molecule has 1 saturated heterocycles. The van der Waals surface area contributed by atoms with Gasteiger partial charge in [0, 0.05) is 18.8 Å². The number of nitrogen functional groups attached to an aromatic ring is 1. The zero-order valence-corrected chi connectivity index (χ0v) is 12.1. The lowest BCUT2D eigenvalue weighted by molar-refractivity contribution is 0.103. The third-order valence-electron chi connectivity index (χ3n) is 3.31. The molecule has 3 N–H and O–H groups in total. The van der Waals surface area contributed by atoms with E-state index in [2.05, 4.69) is 15.2 Å². The van der Waals surface area contributed by atoms with Crippen LogP contribution >= 0.6 is 11.3 Å². The van der Waals surface area contributed by atoms with Gasteiger partial charge in [-0.2, -0.15) is 0 Å². The molecule has 3 rings (SSSR count). The predicted molar refractivity (Wildman–Crippen MR) is 82.3 cm³/mol. The number of hydrogen-bond donors (Lipinski definition) is 2. The lowest BCUT2D eigenvalue weighted by Gasteiger charge is -2.11. The fourth-order valence-electron chi connectivity index (χ4n) is 2.28. The van der Waals surface area contributed by atoms with Gasteiger partial charge in [-0.3, -0.25) is 4.79 Å². The zero-order valence-electron chi connectivity index (χ0n) is 11.3. The standard InChI is InChI=1S/C14H15FN4OS/c15-9-4-3-5-10(8-9)17-13(20)11-12(16)18-14(21-11)19-6-1-2-7-19/h3-5,8H,1-2,6-7,16H2,(H,17,20). The second-order valence-corrected chi connectivity index (χ2v) is 5.85. The van der Waals surface area contributed by atoms with E-state index in [1.165, 1.54) is 29.5 Å². The molecule has 0 bridgehead atoms. The van der Waals surface area contributed by atoms with E-state index in [9.17, 15) is 9.18 Å². The van der Waals surface area contributed by atoms with Gasteiger partial charge in [0.1, 0.15) is 16.5 Å². The van der Waals surface area contributed by atoms with E-state index in [1.807, 2.05) is 0 Å². The molecule has 0 unspecified atom stereocenters. The summed E-state index contributed by atoms with van der Waals surface area (Å²) in [5.74, 6) is -0.542. The molecule has 5 nitrogen and oxygen atoms in total. The van der Waals surface area contributed by atoms with Gasteiger partial charge in [-0.1, -0.05) is 17.4 Å². The molecule has 0 radical (unpaired) electrons. The van der Waals surface area contributed by atoms with Gasteiger partial charge in [0.25, 0.3) is 5.91 Å². The fourth-order valence-corrected chi connectivity index (χ4v) is 3.21. The molecule has 1 amide bonds. The molecule has 110 valence electrons. The number of nitrogens with one attached hydrogen (secondary N) is 1. The van der Waals surface area contributed by atoms with Crippen LogP contribution in [-0.2, 0) is 0 Å². The van der Waals surface area contributed by atoms with Crippen molar-refractivity contribution < 1.29 is 9.18 Å². The van der Waals surface area contributed by atoms with Gasteiger partial charge < -0.3 is 16.0 Å². The Morgan fingerprint density at radius 1 is 1.38 bits per heavy atom. The average molecular weight is 306 g/mol. The molecule has 21 heavy (non-hydrogen) atoms. The van der Waals surface area contributed by atoms with Gasteiger partial charge in [-0.15, -0.1) is 0 Å². The van der Waals surface area contributed by atoms with Crippen LogP contribution in [0.1, 0.15) is 22.5 Å². The third-order valence-corrected chi connectivity index (χ3v) is 4.44. The molecule has 2 aromatic rings. The van der Waals surface area contributed by atoms with Crippen LogP contribution in [-0.4, -0.2) is 24.0 Å². The molecule has 0 atom stereocenters. The van der Waals surface area contributed by atoms with Gasteiger partial charge >= 0.3 is 0 Å². The monoisotopic (exact) mass is 306 g/mol. The molecule has 1 aliphatic rings. The summed E-state index contributed by atoms with van der Waals surface area (Å²) in [6.45, 7) is 1.88. The van der Waals surface area contributed by atoms with E-state index in [1.54, 1.807) is 6.07 Å². The first-order valence-corrected chi connectivity index (χ1v) is 7.53. The summed E-state index contributed by atoms with van der Waals surface area (Å²) in [6, 6.07) is 5.74. The molecule has 1 fully saturated rings. The average Bonchev–Trinajstić information content (AvgIpc) is 3.07. The minimum Gasteiger partial charge on any atom is -0.382 e. The summed E-state index contributed by atoms with van der Waals surface area (Å²) in [4.78, 5) is 19.0. The van der Waals surface area contributed by atoms with Crippen LogP contribution in [0, 0.1) is 5.82 Å². The van der Waals surface area contributed by atoms with Gasteiger partial charge in [-0.05, 0) is 31.0 Å². The number of halogens is 1. The van der Waals surface area contributed by atoms with Crippen molar-refractivity contribution in [1.82, 2.24) is 4.98 Å². The summed E-state index contributed by atoms with van der Waals surface area (Å²) in [5.41, 5.74) is 6.23. The minimum atomic E-state index is -0.400. The summed E-state index contributed by atoms with van der Waals surface area (Å²) >= 11 is 1.27. The van der Waals surface area contributed by atoms with Crippen LogP contribution in [0.25, 0.3) is 0 Å². The summed E-state index contributed by atoms with van der Waals surface area (Å²) < 4.78 is 13.1. The normalized spacial score (nSPS) is 14.4. The lowest BCUT2D eigenvalue weighted by atomic mass is 10.3. The van der Waals surface area contributed by atoms with Gasteiger partial charge in [0.05, 0.1) is 0 Å². The Morgan fingerprint density at radius 3 is 2.86 bits per heavy atom. The summed E-state index contributed by atoms with van der Waals surface area (Å²) in [6.07, 6.45) is 2.26. The molecule has 1 aliphatic heterocycles. The highest BCUT2D eigenvalue weighted by Gasteiger charge is 2.21. The summed E-state index contributed by atoms with van der Waals surface area (Å²) in [7, 11) is 0. The third kappa shape index (κ3) is 2.97. The van der Waals surface area contributed by atoms with E-state index >= 15 is 0 Å². The van der Waals surface area contributed by atoms with Crippen molar-refractivity contribution in [3.8, 4) is 0 Å². The largest absolute Gasteiger partial charge is 0.382 e. The molecule has 0 saturated carbocycles. The second kappa shape index (κ2) is 5.69. The van der Waals surface area contributed by atoms with Crippen molar-refractivity contribution in [2.45, 2.75) is 12.8 Å². The van der Waals surface area contributed by atoms with Crippen molar-refractivity contribution in [3.05, 3.63) is 35.0 Å². The maximum absolute atomic E-state index is 13.1. The van der Waals surface area contributed by atoms with Gasteiger partial charge in [-0.25, -0.2) is 9.37 Å². The first kappa shape index (κ1) is 13.8. The smallest absolute Gasteiger partial charge is 0.269 e. The number of benzene rings is 1. The van der Waals surface area contributed by atoms with Crippen molar-refractivity contribution in [1.29, 1.82) is 0 Å². The van der Waals surface area contributed by atoms with Crippen LogP contribution in [0.4, 0.5) is 21.0 Å². The SMILES string of the molecule is Nc1nc(N2CCCC2)sc1C(=O)Nc1cccc(F)c1. The summed E-state index contributed by atoms with van der Waals surface area (Å²) in [5, 5.41) is 3.41. The molecular weight excluding hydrogens is 291 g/mol. The Kier molecular flexibility index (Phi) is 3.74. The van der Waals surface area contributed by atoms with Crippen molar-refractivity contribution in [3.63, 3.8) is 0 Å². The number of carbonyl (C=O) groups excluding carboxylic acids is 1. The van der Waals surface area contributed by atoms with E-state index < -0.39 is 5.82 Å². The van der Waals surface area contributed by atoms with E-state index in [0.717, 1.165) is 31.1 Å². The van der Waals surface area contributed by atoms with E-state index in [-0.39, 0.29) is 11.7 Å². The molecule has 2 heterocycles. The number of anilines is 3. The van der Waals surface area contributed by atoms with Crippen LogP contribution in [0.3, 0.4) is 0 Å². The van der Waals surface area contributed by atoms with Crippen molar-refractivity contribution >= 4 is 33.9 Å². The van der Waals surface area contributed by atoms with Gasteiger partial charge in [0.15, 0.2) is 5.13 Å². The van der Waals surface area contributed by atoms with Crippen LogP contribution in [0.15, 0.2) is 24.3 Å². The Balaban J connectivity index is 1.78. The topological polar surface area (TPSA) is 71.2 Å². The maximum Gasteiger partial charge on any atom is 0.269 e. The molecule has 7 heteroatoms. The first-order chi connectivity index (χ1) is 10.1. The highest BCUT2D eigenvalue weighted by atomic mass is 32.1. The molecule has 1 aromatic carbocycles. The molecular formula is C14H15FN4OS. The Morgan fingerprint density at radius 2 is 2.14 bits per heavy atom.